The molecule has 0 aliphatic rings. The third kappa shape index (κ3) is 4.76. The average Bonchev–Trinajstić information content (AvgIpc) is 2.84. The van der Waals surface area contributed by atoms with E-state index in [9.17, 15) is 19.2 Å². The van der Waals surface area contributed by atoms with E-state index in [-0.39, 0.29) is 28.4 Å². The maximum Gasteiger partial charge on any atom is 0.319 e. The number of fused-ring (bicyclic) bond motifs is 1. The van der Waals surface area contributed by atoms with Crippen LogP contribution in [0.4, 0.5) is 26.5 Å². The zero-order valence-electron chi connectivity index (χ0n) is 19.4. The number of urea groups is 1. The number of anilines is 3. The number of nitrogen functional groups attached to an aromatic ring is 1. The van der Waals surface area contributed by atoms with Crippen molar-refractivity contribution in [1.82, 2.24) is 24.8 Å². The zero-order valence-corrected chi connectivity index (χ0v) is 19.4. The molecule has 0 aliphatic heterocycles. The molecule has 0 fully saturated rings. The van der Waals surface area contributed by atoms with Gasteiger partial charge in [0.15, 0.2) is 0 Å². The number of benzene rings is 2. The van der Waals surface area contributed by atoms with E-state index in [0.29, 0.717) is 23.4 Å². The number of rotatable bonds is 6. The van der Waals surface area contributed by atoms with E-state index < -0.39 is 23.4 Å². The minimum absolute atomic E-state index is 0.00525. The van der Waals surface area contributed by atoms with Gasteiger partial charge < -0.3 is 21.7 Å². The largest absolute Gasteiger partial charge is 0.382 e. The summed E-state index contributed by atoms with van der Waals surface area (Å²) >= 11 is 0. The molecular formula is C24H22FN9O2. The molecule has 0 spiro atoms. The first kappa shape index (κ1) is 24.1. The fraction of sp³-hybridized carbons (Fsp3) is 0.167. The highest BCUT2D eigenvalue weighted by atomic mass is 19.1. The first-order chi connectivity index (χ1) is 17.3. The Kier molecular flexibility index (Phi) is 6.73. The topological polar surface area (TPSA) is 164 Å². The summed E-state index contributed by atoms with van der Waals surface area (Å²) in [5.41, 5.74) is 6.45. The number of aromatic nitrogens is 4. The quantitative estimate of drug-likeness (QED) is 0.322. The van der Waals surface area contributed by atoms with Crippen molar-refractivity contribution in [2.45, 2.75) is 19.9 Å². The van der Waals surface area contributed by atoms with Crippen LogP contribution < -0.4 is 27.2 Å². The van der Waals surface area contributed by atoms with Crippen LogP contribution in [0.5, 0.6) is 0 Å². The molecule has 1 unspecified atom stereocenters. The molecule has 36 heavy (non-hydrogen) atoms. The van der Waals surface area contributed by atoms with Gasteiger partial charge in [-0.15, -0.1) is 0 Å². The van der Waals surface area contributed by atoms with Crippen LogP contribution in [0.1, 0.15) is 31.3 Å². The van der Waals surface area contributed by atoms with Crippen molar-refractivity contribution in [3.63, 3.8) is 0 Å². The number of carbonyl (C=O) groups is 1. The molecular weight excluding hydrogens is 465 g/mol. The van der Waals surface area contributed by atoms with Crippen molar-refractivity contribution in [2.24, 2.45) is 0 Å². The number of hydrogen-bond donors (Lipinski definition) is 4. The summed E-state index contributed by atoms with van der Waals surface area (Å²) < 4.78 is 15.3. The molecule has 0 bridgehead atoms. The lowest BCUT2D eigenvalue weighted by Crippen LogP contribution is -2.29. The molecule has 2 aromatic heterocycles. The highest BCUT2D eigenvalue weighted by molar-refractivity contribution is 5.89. The van der Waals surface area contributed by atoms with Gasteiger partial charge >= 0.3 is 6.03 Å². The van der Waals surface area contributed by atoms with Gasteiger partial charge in [-0.3, -0.25) is 9.36 Å². The molecule has 182 valence electrons. The number of carbonyl (C=O) groups excluding carboxylic acids is 1. The summed E-state index contributed by atoms with van der Waals surface area (Å²) in [5.74, 6) is -0.140. The van der Waals surface area contributed by atoms with Crippen molar-refractivity contribution < 1.29 is 9.18 Å². The molecule has 2 amide bonds. The molecule has 5 N–H and O–H groups in total. The molecule has 2 heterocycles. The lowest BCUT2D eigenvalue weighted by atomic mass is 10.2. The third-order valence-corrected chi connectivity index (χ3v) is 5.28. The molecule has 1 atom stereocenters. The molecule has 4 rings (SSSR count). The molecule has 0 saturated carbocycles. The summed E-state index contributed by atoms with van der Waals surface area (Å²) in [5, 5.41) is 18.0. The minimum atomic E-state index is -0.659. The van der Waals surface area contributed by atoms with Gasteiger partial charge in [-0.1, -0.05) is 6.07 Å². The van der Waals surface area contributed by atoms with Crippen LogP contribution in [0.15, 0.2) is 53.6 Å². The van der Waals surface area contributed by atoms with Gasteiger partial charge in [0, 0.05) is 12.2 Å². The molecule has 0 aliphatic carbocycles. The summed E-state index contributed by atoms with van der Waals surface area (Å²) in [4.78, 5) is 38.1. The predicted molar refractivity (Wildman–Crippen MR) is 133 cm³/mol. The second kappa shape index (κ2) is 10.1. The molecule has 0 radical (unpaired) electrons. The average molecular weight is 487 g/mol. The van der Waals surface area contributed by atoms with Crippen LogP contribution in [0.25, 0.3) is 16.6 Å². The molecule has 11 nitrogen and oxygen atoms in total. The minimum Gasteiger partial charge on any atom is -0.382 e. The van der Waals surface area contributed by atoms with E-state index in [1.54, 1.807) is 38.1 Å². The molecule has 12 heteroatoms. The fourth-order valence-corrected chi connectivity index (χ4v) is 3.66. The Labute approximate surface area is 204 Å². The van der Waals surface area contributed by atoms with E-state index in [2.05, 4.69) is 30.9 Å². The van der Waals surface area contributed by atoms with Gasteiger partial charge in [0.05, 0.1) is 22.6 Å². The zero-order chi connectivity index (χ0) is 25.8. The summed E-state index contributed by atoms with van der Waals surface area (Å²) in [6.07, 6.45) is 1.21. The number of nitrogens with zero attached hydrogens (tertiary/aromatic N) is 5. The molecule has 2 aromatic carbocycles. The number of nitrogens with one attached hydrogen (secondary N) is 3. The normalized spacial score (nSPS) is 11.5. The van der Waals surface area contributed by atoms with Gasteiger partial charge in [-0.25, -0.2) is 24.1 Å². The summed E-state index contributed by atoms with van der Waals surface area (Å²) in [7, 11) is 0. The Morgan fingerprint density at radius 2 is 2.06 bits per heavy atom. The van der Waals surface area contributed by atoms with Crippen LogP contribution in [0.2, 0.25) is 0 Å². The van der Waals surface area contributed by atoms with E-state index in [1.165, 1.54) is 23.0 Å². The van der Waals surface area contributed by atoms with Crippen LogP contribution in [0.3, 0.4) is 0 Å². The van der Waals surface area contributed by atoms with E-state index >= 15 is 0 Å². The maximum atomic E-state index is 14.0. The van der Waals surface area contributed by atoms with Gasteiger partial charge in [-0.05, 0) is 50.2 Å². The smallest absolute Gasteiger partial charge is 0.319 e. The highest BCUT2D eigenvalue weighted by Crippen LogP contribution is 2.25. The van der Waals surface area contributed by atoms with Crippen LogP contribution in [-0.2, 0) is 0 Å². The van der Waals surface area contributed by atoms with Crippen molar-refractivity contribution in [3.8, 4) is 11.8 Å². The fourth-order valence-electron chi connectivity index (χ4n) is 3.66. The van der Waals surface area contributed by atoms with Crippen LogP contribution in [0, 0.1) is 17.1 Å². The Balaban J connectivity index is 1.87. The molecule has 0 saturated heterocycles. The third-order valence-electron chi connectivity index (χ3n) is 5.28. The van der Waals surface area contributed by atoms with Gasteiger partial charge in [0.1, 0.15) is 41.2 Å². The highest BCUT2D eigenvalue weighted by Gasteiger charge is 2.21. The van der Waals surface area contributed by atoms with E-state index in [1.807, 2.05) is 6.07 Å². The first-order valence-corrected chi connectivity index (χ1v) is 11.0. The van der Waals surface area contributed by atoms with E-state index in [4.69, 9.17) is 5.73 Å². The lowest BCUT2D eigenvalue weighted by Gasteiger charge is -2.21. The second-order valence-electron chi connectivity index (χ2n) is 7.77. The van der Waals surface area contributed by atoms with Crippen LogP contribution >= 0.6 is 0 Å². The lowest BCUT2D eigenvalue weighted by molar-refractivity contribution is 0.252. The van der Waals surface area contributed by atoms with Crippen molar-refractivity contribution in [1.29, 1.82) is 5.26 Å². The van der Waals surface area contributed by atoms with Crippen molar-refractivity contribution >= 4 is 34.3 Å². The molecule has 4 aromatic rings. The standard InChI is InChI=1S/C24H22FN9O2/c1-3-28-24(36)32-15-5-4-6-16(10-15)34-22(33-19-8-7-14(25)9-17(19)23(34)35)13(2)31-21-18(11-26)20(27)29-12-30-21/h4-10,12-13H,3H2,1-2H3,(H2,28,32,36)(H3,27,29,30,31). The summed E-state index contributed by atoms with van der Waals surface area (Å²) in [6.45, 7) is 3.96. The number of amides is 2. The van der Waals surface area contributed by atoms with Gasteiger partial charge in [0.2, 0.25) is 0 Å². The summed E-state index contributed by atoms with van der Waals surface area (Å²) in [6, 6.07) is 11.3. The maximum absolute atomic E-state index is 14.0. The number of halogens is 1. The Morgan fingerprint density at radius 1 is 1.25 bits per heavy atom. The SMILES string of the molecule is CCNC(=O)Nc1cccc(-n2c(C(C)Nc3ncnc(N)c3C#N)nc3ccc(F)cc3c2=O)c1. The monoisotopic (exact) mass is 487 g/mol. The first-order valence-electron chi connectivity index (χ1n) is 11.0. The Hall–Kier alpha value is -5.05. The number of nitrogens with two attached hydrogens (primary N) is 1. The Morgan fingerprint density at radius 3 is 2.81 bits per heavy atom. The predicted octanol–water partition coefficient (Wildman–Crippen LogP) is 3.08. The van der Waals surface area contributed by atoms with Gasteiger partial charge in [-0.2, -0.15) is 5.26 Å². The van der Waals surface area contributed by atoms with E-state index in [0.717, 1.165) is 6.07 Å². The Bertz CT molecular complexity index is 1560. The van der Waals surface area contributed by atoms with Gasteiger partial charge in [0.25, 0.3) is 5.56 Å². The van der Waals surface area contributed by atoms with Crippen LogP contribution in [-0.4, -0.2) is 32.1 Å². The number of nitriles is 1. The van der Waals surface area contributed by atoms with Crippen molar-refractivity contribution in [3.05, 3.63) is 76.4 Å². The van der Waals surface area contributed by atoms with Crippen molar-refractivity contribution in [2.75, 3.05) is 22.9 Å². The number of hydrogen-bond acceptors (Lipinski definition) is 8. The second-order valence-corrected chi connectivity index (χ2v) is 7.77.